The first-order chi connectivity index (χ1) is 12.2. The molecule has 10 heteroatoms. The van der Waals surface area contributed by atoms with Gasteiger partial charge in [-0.1, -0.05) is 11.3 Å². The zero-order valence-corrected chi connectivity index (χ0v) is 14.7. The maximum absolute atomic E-state index is 12.3. The van der Waals surface area contributed by atoms with E-state index in [1.54, 1.807) is 30.3 Å². The van der Waals surface area contributed by atoms with Crippen LogP contribution in [0.4, 0.5) is 5.13 Å². The minimum absolute atomic E-state index is 0.00589. The molecule has 25 heavy (non-hydrogen) atoms. The first-order valence-corrected chi connectivity index (χ1v) is 8.73. The summed E-state index contributed by atoms with van der Waals surface area (Å²) >= 11 is 1.30. The Morgan fingerprint density at radius 3 is 2.80 bits per heavy atom. The van der Waals surface area contributed by atoms with Gasteiger partial charge in [-0.25, -0.2) is 0 Å². The number of methoxy groups -OCH3 is 1. The molecule has 1 saturated heterocycles. The van der Waals surface area contributed by atoms with Gasteiger partial charge < -0.3 is 14.6 Å². The lowest BCUT2D eigenvalue weighted by Crippen LogP contribution is -2.50. The molecule has 0 radical (unpaired) electrons. The van der Waals surface area contributed by atoms with Crippen LogP contribution in [-0.4, -0.2) is 76.6 Å². The van der Waals surface area contributed by atoms with Crippen molar-refractivity contribution in [2.75, 3.05) is 45.2 Å². The van der Waals surface area contributed by atoms with E-state index in [4.69, 9.17) is 4.74 Å². The molecule has 0 bridgehead atoms. The Hall–Kier alpha value is -2.30. The molecule has 134 valence electrons. The number of anilines is 1. The highest BCUT2D eigenvalue weighted by molar-refractivity contribution is 7.15. The number of carbonyl (C=O) groups excluding carboxylic acids is 2. The number of nitrogens with one attached hydrogen (secondary N) is 2. The Morgan fingerprint density at radius 1 is 1.32 bits per heavy atom. The summed E-state index contributed by atoms with van der Waals surface area (Å²) in [6.45, 7) is 3.16. The molecule has 3 rings (SSSR count). The summed E-state index contributed by atoms with van der Waals surface area (Å²) in [6.07, 6.45) is 1.74. The van der Waals surface area contributed by atoms with Crippen molar-refractivity contribution in [1.82, 2.24) is 25.0 Å². The number of aromatic amines is 1. The number of aromatic nitrogens is 3. The number of rotatable bonds is 6. The van der Waals surface area contributed by atoms with Crippen molar-refractivity contribution in [3.8, 4) is 0 Å². The van der Waals surface area contributed by atoms with Gasteiger partial charge >= 0.3 is 0 Å². The Morgan fingerprint density at radius 2 is 2.12 bits per heavy atom. The van der Waals surface area contributed by atoms with E-state index < -0.39 is 0 Å². The first-order valence-electron chi connectivity index (χ1n) is 7.92. The van der Waals surface area contributed by atoms with Crippen LogP contribution in [0.1, 0.15) is 15.5 Å². The fraction of sp³-hybridized carbons (Fsp3) is 0.467. The molecule has 0 aliphatic carbocycles. The summed E-state index contributed by atoms with van der Waals surface area (Å²) in [7, 11) is 1.58. The fourth-order valence-corrected chi connectivity index (χ4v) is 3.32. The van der Waals surface area contributed by atoms with Crippen molar-refractivity contribution in [2.24, 2.45) is 0 Å². The quantitative estimate of drug-likeness (QED) is 0.769. The van der Waals surface area contributed by atoms with Gasteiger partial charge in [0.15, 0.2) is 0 Å². The molecular formula is C15H20N6O3S. The molecule has 0 atom stereocenters. The molecule has 1 fully saturated rings. The van der Waals surface area contributed by atoms with Gasteiger partial charge in [0.05, 0.1) is 6.54 Å². The molecular weight excluding hydrogens is 344 g/mol. The van der Waals surface area contributed by atoms with Gasteiger partial charge in [-0.05, 0) is 12.1 Å². The largest absolute Gasteiger partial charge is 0.377 e. The van der Waals surface area contributed by atoms with Gasteiger partial charge in [-0.2, -0.15) is 0 Å². The minimum atomic E-state index is -0.135. The molecule has 2 aromatic heterocycles. The summed E-state index contributed by atoms with van der Waals surface area (Å²) in [5, 5.41) is 11.8. The Balaban J connectivity index is 1.43. The standard InChI is InChI=1S/C15H20N6O3S/c1-24-10-13-18-19-15(25-13)17-12(22)9-20-5-7-21(8-6-20)14(23)11-3-2-4-16-11/h2-4,16H,5-10H2,1H3,(H,17,19,22). The number of H-pyrrole nitrogens is 1. The van der Waals surface area contributed by atoms with Crippen LogP contribution in [0, 0.1) is 0 Å². The molecule has 2 amide bonds. The van der Waals surface area contributed by atoms with E-state index in [1.165, 1.54) is 11.3 Å². The highest BCUT2D eigenvalue weighted by atomic mass is 32.1. The molecule has 9 nitrogen and oxygen atoms in total. The average molecular weight is 364 g/mol. The van der Waals surface area contributed by atoms with E-state index in [0.29, 0.717) is 48.6 Å². The Bertz CT molecular complexity index is 709. The minimum Gasteiger partial charge on any atom is -0.377 e. The van der Waals surface area contributed by atoms with E-state index in [0.717, 1.165) is 0 Å². The van der Waals surface area contributed by atoms with Crippen molar-refractivity contribution in [3.05, 3.63) is 29.0 Å². The second-order valence-electron chi connectivity index (χ2n) is 5.63. The number of piperazine rings is 1. The van der Waals surface area contributed by atoms with E-state index in [2.05, 4.69) is 20.5 Å². The summed E-state index contributed by atoms with van der Waals surface area (Å²) in [5.74, 6) is -0.141. The van der Waals surface area contributed by atoms with Gasteiger partial charge in [0, 0.05) is 39.5 Å². The van der Waals surface area contributed by atoms with Gasteiger partial charge in [-0.15, -0.1) is 10.2 Å². The van der Waals surface area contributed by atoms with Crippen LogP contribution in [0.2, 0.25) is 0 Å². The zero-order valence-electron chi connectivity index (χ0n) is 13.9. The molecule has 1 aliphatic rings. The predicted molar refractivity (Wildman–Crippen MR) is 92.4 cm³/mol. The van der Waals surface area contributed by atoms with Crippen LogP contribution < -0.4 is 5.32 Å². The second-order valence-corrected chi connectivity index (χ2v) is 6.70. The number of ether oxygens (including phenoxy) is 1. The van der Waals surface area contributed by atoms with Crippen LogP contribution in [0.3, 0.4) is 0 Å². The summed E-state index contributed by atoms with van der Waals surface area (Å²) < 4.78 is 4.98. The van der Waals surface area contributed by atoms with Crippen molar-refractivity contribution in [2.45, 2.75) is 6.61 Å². The van der Waals surface area contributed by atoms with Crippen molar-refractivity contribution < 1.29 is 14.3 Å². The molecule has 2 aromatic rings. The summed E-state index contributed by atoms with van der Waals surface area (Å²) in [5.41, 5.74) is 0.592. The maximum Gasteiger partial charge on any atom is 0.270 e. The highest BCUT2D eigenvalue weighted by Crippen LogP contribution is 2.15. The van der Waals surface area contributed by atoms with Crippen LogP contribution in [-0.2, 0) is 16.1 Å². The van der Waals surface area contributed by atoms with Crippen molar-refractivity contribution in [1.29, 1.82) is 0 Å². The molecule has 2 N–H and O–H groups in total. The smallest absolute Gasteiger partial charge is 0.270 e. The predicted octanol–water partition coefficient (Wildman–Crippen LogP) is 0.409. The highest BCUT2D eigenvalue weighted by Gasteiger charge is 2.23. The van der Waals surface area contributed by atoms with Crippen LogP contribution in [0.5, 0.6) is 0 Å². The van der Waals surface area contributed by atoms with Gasteiger partial charge in [0.1, 0.15) is 17.3 Å². The van der Waals surface area contributed by atoms with E-state index >= 15 is 0 Å². The maximum atomic E-state index is 12.3. The summed E-state index contributed by atoms with van der Waals surface area (Å²) in [6, 6.07) is 3.57. The van der Waals surface area contributed by atoms with Crippen molar-refractivity contribution >= 4 is 28.3 Å². The van der Waals surface area contributed by atoms with Crippen LogP contribution >= 0.6 is 11.3 Å². The molecule has 0 spiro atoms. The van der Waals surface area contributed by atoms with Crippen molar-refractivity contribution in [3.63, 3.8) is 0 Å². The monoisotopic (exact) mass is 364 g/mol. The number of hydrogen-bond donors (Lipinski definition) is 2. The number of hydrogen-bond acceptors (Lipinski definition) is 7. The third kappa shape index (κ3) is 4.62. The lowest BCUT2D eigenvalue weighted by Gasteiger charge is -2.34. The Labute approximate surface area is 149 Å². The van der Waals surface area contributed by atoms with Gasteiger partial charge in [0.2, 0.25) is 11.0 Å². The molecule has 0 unspecified atom stereocenters. The van der Waals surface area contributed by atoms with Gasteiger partial charge in [0.25, 0.3) is 5.91 Å². The number of amides is 2. The van der Waals surface area contributed by atoms with E-state index in [1.807, 2.05) is 4.90 Å². The van der Waals surface area contributed by atoms with E-state index in [9.17, 15) is 9.59 Å². The van der Waals surface area contributed by atoms with Crippen LogP contribution in [0.15, 0.2) is 18.3 Å². The lowest BCUT2D eigenvalue weighted by atomic mass is 10.2. The number of carbonyl (C=O) groups is 2. The lowest BCUT2D eigenvalue weighted by molar-refractivity contribution is -0.117. The molecule has 1 aliphatic heterocycles. The topological polar surface area (TPSA) is 103 Å². The number of nitrogens with zero attached hydrogens (tertiary/aromatic N) is 4. The first kappa shape index (κ1) is 17.5. The normalized spacial score (nSPS) is 15.3. The van der Waals surface area contributed by atoms with Gasteiger partial charge in [-0.3, -0.25) is 19.8 Å². The van der Waals surface area contributed by atoms with E-state index in [-0.39, 0.29) is 18.4 Å². The third-order valence-electron chi connectivity index (χ3n) is 3.84. The Kier molecular flexibility index (Phi) is 5.74. The van der Waals surface area contributed by atoms with Crippen LogP contribution in [0.25, 0.3) is 0 Å². The zero-order chi connectivity index (χ0) is 17.6. The molecule has 3 heterocycles. The second kappa shape index (κ2) is 8.19. The SMILES string of the molecule is COCc1nnc(NC(=O)CN2CCN(C(=O)c3ccc[nH]3)CC2)s1. The fourth-order valence-electron chi connectivity index (χ4n) is 2.59. The molecule has 0 aromatic carbocycles. The summed E-state index contributed by atoms with van der Waals surface area (Å²) in [4.78, 5) is 31.1. The molecule has 0 saturated carbocycles. The average Bonchev–Trinajstić information content (AvgIpc) is 3.27. The third-order valence-corrected chi connectivity index (χ3v) is 4.65.